The van der Waals surface area contributed by atoms with Crippen LogP contribution in [0.5, 0.6) is 0 Å². The van der Waals surface area contributed by atoms with Gasteiger partial charge in [-0.15, -0.1) is 0 Å². The average molecular weight is 302 g/mol. The van der Waals surface area contributed by atoms with Crippen molar-refractivity contribution in [2.75, 3.05) is 0 Å². The standard InChI is InChI=1S/C11H6Cl2FN3S/c1-5-16-17-4-10(15-11(17)18-5)6-2-9(14)8(13)3-7(6)12/h2-4H,1H3. The molecule has 0 amide bonds. The summed E-state index contributed by atoms with van der Waals surface area (Å²) in [6.45, 7) is 1.90. The number of halogens is 3. The topological polar surface area (TPSA) is 30.2 Å². The monoisotopic (exact) mass is 301 g/mol. The van der Waals surface area contributed by atoms with Crippen LogP contribution in [0.1, 0.15) is 5.01 Å². The molecule has 2 aromatic heterocycles. The minimum atomic E-state index is -0.517. The molecule has 3 aromatic rings. The van der Waals surface area contributed by atoms with E-state index in [2.05, 4.69) is 10.1 Å². The van der Waals surface area contributed by atoms with E-state index in [0.29, 0.717) is 16.3 Å². The summed E-state index contributed by atoms with van der Waals surface area (Å²) in [7, 11) is 0. The molecule has 0 atom stereocenters. The molecule has 3 nitrogen and oxygen atoms in total. The van der Waals surface area contributed by atoms with E-state index in [-0.39, 0.29) is 5.02 Å². The highest BCUT2D eigenvalue weighted by atomic mass is 35.5. The van der Waals surface area contributed by atoms with Crippen LogP contribution in [0, 0.1) is 12.7 Å². The molecular formula is C11H6Cl2FN3S. The lowest BCUT2D eigenvalue weighted by atomic mass is 10.1. The normalized spacial score (nSPS) is 11.3. The summed E-state index contributed by atoms with van der Waals surface area (Å²) in [6.07, 6.45) is 1.72. The Morgan fingerprint density at radius 2 is 2.06 bits per heavy atom. The van der Waals surface area contributed by atoms with Crippen LogP contribution in [-0.4, -0.2) is 14.6 Å². The van der Waals surface area contributed by atoms with Crippen LogP contribution < -0.4 is 0 Å². The van der Waals surface area contributed by atoms with Gasteiger partial charge in [0.05, 0.1) is 21.9 Å². The van der Waals surface area contributed by atoms with Crippen molar-refractivity contribution in [1.29, 1.82) is 0 Å². The zero-order valence-electron chi connectivity index (χ0n) is 9.12. The van der Waals surface area contributed by atoms with Gasteiger partial charge in [0.1, 0.15) is 10.8 Å². The molecule has 1 aromatic carbocycles. The second-order valence-corrected chi connectivity index (χ2v) is 5.70. The average Bonchev–Trinajstić information content (AvgIpc) is 2.80. The van der Waals surface area contributed by atoms with Crippen LogP contribution in [0.2, 0.25) is 10.0 Å². The number of benzene rings is 1. The second kappa shape index (κ2) is 4.19. The van der Waals surface area contributed by atoms with Gasteiger partial charge in [0.25, 0.3) is 0 Å². The minimum Gasteiger partial charge on any atom is -0.217 e. The van der Waals surface area contributed by atoms with Crippen molar-refractivity contribution in [2.45, 2.75) is 6.92 Å². The first-order valence-electron chi connectivity index (χ1n) is 5.02. The lowest BCUT2D eigenvalue weighted by Gasteiger charge is -2.02. The maximum atomic E-state index is 13.5. The highest BCUT2D eigenvalue weighted by Gasteiger charge is 2.13. The molecule has 0 aliphatic heterocycles. The molecule has 0 bridgehead atoms. The third-order valence-corrected chi connectivity index (χ3v) is 3.87. The smallest absolute Gasteiger partial charge is 0.212 e. The van der Waals surface area contributed by atoms with Crippen LogP contribution in [0.4, 0.5) is 4.39 Å². The minimum absolute atomic E-state index is 0.00117. The van der Waals surface area contributed by atoms with Crippen LogP contribution in [-0.2, 0) is 0 Å². The third-order valence-electron chi connectivity index (χ3n) is 2.43. The Morgan fingerprint density at radius 1 is 1.28 bits per heavy atom. The fraction of sp³-hybridized carbons (Fsp3) is 0.0909. The predicted molar refractivity (Wildman–Crippen MR) is 71.0 cm³/mol. The molecule has 0 N–H and O–H groups in total. The zero-order valence-corrected chi connectivity index (χ0v) is 11.4. The molecule has 0 unspecified atom stereocenters. The van der Waals surface area contributed by atoms with E-state index >= 15 is 0 Å². The quantitative estimate of drug-likeness (QED) is 0.630. The molecule has 0 aliphatic carbocycles. The molecule has 7 heteroatoms. The molecule has 92 valence electrons. The zero-order chi connectivity index (χ0) is 12.9. The number of aromatic nitrogens is 3. The summed E-state index contributed by atoms with van der Waals surface area (Å²) < 4.78 is 15.1. The van der Waals surface area contributed by atoms with E-state index in [0.717, 1.165) is 9.97 Å². The van der Waals surface area contributed by atoms with E-state index in [1.807, 2.05) is 6.92 Å². The van der Waals surface area contributed by atoms with Gasteiger partial charge in [-0.2, -0.15) is 5.10 Å². The number of imidazole rings is 1. The summed E-state index contributed by atoms with van der Waals surface area (Å²) >= 11 is 13.2. The first-order valence-corrected chi connectivity index (χ1v) is 6.59. The number of hydrogen-bond donors (Lipinski definition) is 0. The van der Waals surface area contributed by atoms with Gasteiger partial charge < -0.3 is 0 Å². The highest BCUT2D eigenvalue weighted by molar-refractivity contribution is 7.16. The molecule has 18 heavy (non-hydrogen) atoms. The number of aryl methyl sites for hydroxylation is 1. The molecule has 0 fully saturated rings. The predicted octanol–water partition coefficient (Wildman–Crippen LogP) is 4.21. The van der Waals surface area contributed by atoms with Crippen molar-refractivity contribution >= 4 is 39.5 Å². The van der Waals surface area contributed by atoms with Crippen LogP contribution >= 0.6 is 34.5 Å². The molecule has 0 aliphatic rings. The van der Waals surface area contributed by atoms with Crippen LogP contribution in [0.3, 0.4) is 0 Å². The van der Waals surface area contributed by atoms with Gasteiger partial charge in [-0.25, -0.2) is 13.9 Å². The highest BCUT2D eigenvalue weighted by Crippen LogP contribution is 2.32. The van der Waals surface area contributed by atoms with Crippen molar-refractivity contribution in [3.8, 4) is 11.3 Å². The van der Waals surface area contributed by atoms with Crippen LogP contribution in [0.15, 0.2) is 18.3 Å². The number of hydrogen-bond acceptors (Lipinski definition) is 3. The SMILES string of the molecule is Cc1nn2cc(-c3cc(F)c(Cl)cc3Cl)nc2s1. The number of rotatable bonds is 1. The maximum Gasteiger partial charge on any atom is 0.212 e. The third kappa shape index (κ3) is 1.88. The largest absolute Gasteiger partial charge is 0.217 e. The van der Waals surface area contributed by atoms with Gasteiger partial charge in [0, 0.05) is 5.56 Å². The van der Waals surface area contributed by atoms with Crippen molar-refractivity contribution in [2.24, 2.45) is 0 Å². The van der Waals surface area contributed by atoms with E-state index in [9.17, 15) is 4.39 Å². The summed E-state index contributed by atoms with van der Waals surface area (Å²) in [5.74, 6) is -0.517. The van der Waals surface area contributed by atoms with Crippen molar-refractivity contribution in [3.05, 3.63) is 39.2 Å². The molecule has 0 saturated carbocycles. The molecule has 0 saturated heterocycles. The molecule has 0 radical (unpaired) electrons. The van der Waals surface area contributed by atoms with Gasteiger partial charge in [-0.1, -0.05) is 34.5 Å². The van der Waals surface area contributed by atoms with Crippen LogP contribution in [0.25, 0.3) is 16.2 Å². The van der Waals surface area contributed by atoms with Gasteiger partial charge >= 0.3 is 0 Å². The van der Waals surface area contributed by atoms with Gasteiger partial charge in [0.2, 0.25) is 4.96 Å². The number of nitrogens with zero attached hydrogens (tertiary/aromatic N) is 3. The summed E-state index contributed by atoms with van der Waals surface area (Å²) in [4.78, 5) is 5.10. The van der Waals surface area contributed by atoms with Gasteiger partial charge in [-0.05, 0) is 19.1 Å². The lowest BCUT2D eigenvalue weighted by molar-refractivity contribution is 0.628. The fourth-order valence-electron chi connectivity index (χ4n) is 1.65. The Labute approximate surface area is 116 Å². The molecule has 3 rings (SSSR count). The van der Waals surface area contributed by atoms with Gasteiger partial charge in [-0.3, -0.25) is 0 Å². The van der Waals surface area contributed by atoms with Crippen molar-refractivity contribution in [3.63, 3.8) is 0 Å². The molecule has 2 heterocycles. The Balaban J connectivity index is 2.19. The molecule has 0 spiro atoms. The summed E-state index contributed by atoms with van der Waals surface area (Å²) in [6, 6.07) is 2.66. The van der Waals surface area contributed by atoms with Gasteiger partial charge in [0.15, 0.2) is 0 Å². The van der Waals surface area contributed by atoms with E-state index in [4.69, 9.17) is 23.2 Å². The Morgan fingerprint density at radius 3 is 2.78 bits per heavy atom. The first-order chi connectivity index (χ1) is 8.54. The van der Waals surface area contributed by atoms with E-state index in [1.54, 1.807) is 10.7 Å². The first kappa shape index (κ1) is 11.9. The summed E-state index contributed by atoms with van der Waals surface area (Å²) in [5, 5.41) is 5.52. The second-order valence-electron chi connectivity index (χ2n) is 3.72. The summed E-state index contributed by atoms with van der Waals surface area (Å²) in [5.41, 5.74) is 1.09. The Hall–Kier alpha value is -1.17. The van der Waals surface area contributed by atoms with E-state index < -0.39 is 5.82 Å². The Kier molecular flexibility index (Phi) is 2.77. The van der Waals surface area contributed by atoms with Crippen molar-refractivity contribution < 1.29 is 4.39 Å². The molecular weight excluding hydrogens is 296 g/mol. The van der Waals surface area contributed by atoms with E-state index in [1.165, 1.54) is 23.5 Å². The lowest BCUT2D eigenvalue weighted by Crippen LogP contribution is -1.85. The van der Waals surface area contributed by atoms with Crippen molar-refractivity contribution in [1.82, 2.24) is 14.6 Å². The maximum absolute atomic E-state index is 13.5. The fourth-order valence-corrected chi connectivity index (χ4v) is 2.85. The Bertz CT molecular complexity index is 719. The number of fused-ring (bicyclic) bond motifs is 1.